The molecule has 0 aromatic carbocycles. The number of nitrogens with zero attached hydrogens (tertiary/aromatic N) is 2. The van der Waals surface area contributed by atoms with Crippen LogP contribution in [-0.4, -0.2) is 94.5 Å². The number of rotatable bonds is 11. The average Bonchev–Trinajstić information content (AvgIpc) is 3.21. The minimum atomic E-state index is -4.01. The van der Waals surface area contributed by atoms with E-state index in [9.17, 15) is 23.1 Å². The fourth-order valence-corrected chi connectivity index (χ4v) is 5.90. The van der Waals surface area contributed by atoms with E-state index >= 15 is 0 Å². The van der Waals surface area contributed by atoms with Crippen molar-refractivity contribution in [2.45, 2.75) is 63.1 Å². The van der Waals surface area contributed by atoms with Crippen LogP contribution in [0.5, 0.6) is 0 Å². The number of hydrogen-bond donors (Lipinski definition) is 6. The molecule has 1 saturated heterocycles. The van der Waals surface area contributed by atoms with Gasteiger partial charge in [0.15, 0.2) is 5.54 Å². The van der Waals surface area contributed by atoms with E-state index in [0.717, 1.165) is 4.31 Å². The van der Waals surface area contributed by atoms with Crippen LogP contribution in [-0.2, 0) is 19.8 Å². The lowest BCUT2D eigenvalue weighted by Gasteiger charge is -2.32. The second-order valence-electron chi connectivity index (χ2n) is 8.13. The van der Waals surface area contributed by atoms with Crippen molar-refractivity contribution in [2.75, 3.05) is 19.6 Å². The highest BCUT2D eigenvalue weighted by Crippen LogP contribution is 2.37. The Balaban J connectivity index is 2.34. The molecule has 0 bridgehead atoms. The molecular formula is C16H32BN5O7S. The Morgan fingerprint density at radius 2 is 2.00 bits per heavy atom. The molecule has 0 aromatic rings. The molecule has 5 atom stereocenters. The van der Waals surface area contributed by atoms with Gasteiger partial charge in [0.05, 0.1) is 6.04 Å². The number of carbonyl (C=O) groups excluding carboxylic acids is 1. The third-order valence-corrected chi connectivity index (χ3v) is 7.86. The van der Waals surface area contributed by atoms with E-state index < -0.39 is 53.2 Å². The molecule has 2 fully saturated rings. The van der Waals surface area contributed by atoms with Crippen LogP contribution in [0.15, 0.2) is 0 Å². The summed E-state index contributed by atoms with van der Waals surface area (Å²) >= 11 is 0. The first kappa shape index (κ1) is 25.0. The van der Waals surface area contributed by atoms with Gasteiger partial charge in [0.25, 0.3) is 10.2 Å². The van der Waals surface area contributed by atoms with E-state index in [2.05, 4.69) is 5.32 Å². The molecule has 14 heteroatoms. The number of nitrogens with two attached hydrogens (primary N) is 2. The maximum atomic E-state index is 13.2. The van der Waals surface area contributed by atoms with Crippen molar-refractivity contribution < 1.29 is 33.2 Å². The topological polar surface area (TPSA) is 200 Å². The molecule has 2 rings (SSSR count). The molecule has 172 valence electrons. The summed E-state index contributed by atoms with van der Waals surface area (Å²) in [5.41, 5.74) is 9.54. The van der Waals surface area contributed by atoms with Gasteiger partial charge in [0.2, 0.25) is 5.91 Å². The molecule has 0 unspecified atom stereocenters. The van der Waals surface area contributed by atoms with Gasteiger partial charge in [0.1, 0.15) is 0 Å². The fourth-order valence-electron chi connectivity index (χ4n) is 3.95. The van der Waals surface area contributed by atoms with Crippen LogP contribution >= 0.6 is 0 Å². The maximum Gasteiger partial charge on any atom is 0.451 e. The summed E-state index contributed by atoms with van der Waals surface area (Å²) in [5, 5.41) is 30.6. The minimum Gasteiger partial charge on any atom is -0.479 e. The molecule has 0 aromatic heterocycles. The smallest absolute Gasteiger partial charge is 0.451 e. The first-order valence-corrected chi connectivity index (χ1v) is 11.5. The Morgan fingerprint density at radius 1 is 1.40 bits per heavy atom. The third kappa shape index (κ3) is 5.12. The van der Waals surface area contributed by atoms with Gasteiger partial charge in [-0.2, -0.15) is 17.0 Å². The molecule has 1 aliphatic heterocycles. The van der Waals surface area contributed by atoms with Crippen molar-refractivity contribution >= 4 is 29.2 Å². The van der Waals surface area contributed by atoms with Crippen LogP contribution in [0.25, 0.3) is 0 Å². The van der Waals surface area contributed by atoms with Gasteiger partial charge in [-0.25, -0.2) is 4.79 Å². The van der Waals surface area contributed by atoms with Gasteiger partial charge in [-0.3, -0.25) is 4.79 Å². The molecule has 2 aliphatic rings. The molecule has 1 heterocycles. The highest BCUT2D eigenvalue weighted by Gasteiger charge is 2.58. The van der Waals surface area contributed by atoms with Crippen LogP contribution in [0.1, 0.15) is 33.1 Å². The lowest BCUT2D eigenvalue weighted by molar-refractivity contribution is -0.149. The Labute approximate surface area is 176 Å². The number of aliphatic carboxylic acids is 1. The Kier molecular flexibility index (Phi) is 7.88. The largest absolute Gasteiger partial charge is 0.479 e. The summed E-state index contributed by atoms with van der Waals surface area (Å²) in [5.74, 6) is -2.85. The first-order chi connectivity index (χ1) is 13.9. The molecule has 0 radical (unpaired) electrons. The van der Waals surface area contributed by atoms with Gasteiger partial charge >= 0.3 is 13.1 Å². The summed E-state index contributed by atoms with van der Waals surface area (Å²) in [7, 11) is -5.57. The lowest BCUT2D eigenvalue weighted by Crippen LogP contribution is -2.62. The lowest BCUT2D eigenvalue weighted by atomic mass is 9.78. The van der Waals surface area contributed by atoms with Gasteiger partial charge in [-0.05, 0) is 26.1 Å². The van der Waals surface area contributed by atoms with Crippen molar-refractivity contribution in [3.05, 3.63) is 0 Å². The van der Waals surface area contributed by atoms with Crippen LogP contribution in [0.4, 0.5) is 0 Å². The molecule has 0 spiro atoms. The number of amides is 1. The highest BCUT2D eigenvalue weighted by atomic mass is 32.2. The van der Waals surface area contributed by atoms with E-state index in [1.54, 1.807) is 6.92 Å². The summed E-state index contributed by atoms with van der Waals surface area (Å²) < 4.78 is 28.8. The van der Waals surface area contributed by atoms with Gasteiger partial charge in [-0.1, -0.05) is 13.3 Å². The van der Waals surface area contributed by atoms with Crippen LogP contribution < -0.4 is 16.8 Å². The van der Waals surface area contributed by atoms with Crippen LogP contribution in [0.2, 0.25) is 6.32 Å². The second kappa shape index (κ2) is 9.46. The standard InChI is InChI=1S/C16H32BN5O7S/c1-3-22(13-7-12(13)19)30(28,29)21-8-11(5-4-6-17(26)27)16(9-21,15(24)25)20-14(23)10(2)18/h10-13,26-27H,3-9,18-19H2,1-2H3,(H,20,23)(H,24,25)/t10-,11-,12-,13-,16-/m0/s1. The molecular weight excluding hydrogens is 417 g/mol. The van der Waals surface area contributed by atoms with E-state index in [4.69, 9.17) is 21.5 Å². The molecule has 12 nitrogen and oxygen atoms in total. The zero-order valence-corrected chi connectivity index (χ0v) is 18.1. The van der Waals surface area contributed by atoms with E-state index in [1.807, 2.05) is 0 Å². The van der Waals surface area contributed by atoms with E-state index in [0.29, 0.717) is 6.42 Å². The SMILES string of the molecule is CCN([C@H]1C[C@@H]1N)S(=O)(=O)N1C[C@H](CCCB(O)O)[C@](NC(=O)[C@H](C)N)(C(=O)O)C1. The van der Waals surface area contributed by atoms with Crippen molar-refractivity contribution in [1.82, 2.24) is 13.9 Å². The molecule has 30 heavy (non-hydrogen) atoms. The zero-order chi connectivity index (χ0) is 22.9. The van der Waals surface area contributed by atoms with Gasteiger partial charge in [0, 0.05) is 37.6 Å². The number of likely N-dealkylation sites (N-methyl/N-ethyl adjacent to an activating group) is 1. The average molecular weight is 449 g/mol. The minimum absolute atomic E-state index is 0.00179. The number of hydrogen-bond acceptors (Lipinski definition) is 8. The highest BCUT2D eigenvalue weighted by molar-refractivity contribution is 7.86. The Morgan fingerprint density at radius 3 is 2.43 bits per heavy atom. The van der Waals surface area contributed by atoms with Crippen molar-refractivity contribution in [3.8, 4) is 0 Å². The predicted octanol–water partition coefficient (Wildman–Crippen LogP) is -2.88. The monoisotopic (exact) mass is 449 g/mol. The summed E-state index contributed by atoms with van der Waals surface area (Å²) in [4.78, 5) is 24.6. The van der Waals surface area contributed by atoms with Crippen LogP contribution in [0.3, 0.4) is 0 Å². The van der Waals surface area contributed by atoms with Gasteiger partial charge in [-0.15, -0.1) is 0 Å². The number of nitrogens with one attached hydrogen (secondary N) is 1. The normalized spacial score (nSPS) is 30.3. The second-order valence-corrected chi connectivity index (χ2v) is 10.0. The van der Waals surface area contributed by atoms with Crippen LogP contribution in [0, 0.1) is 5.92 Å². The fraction of sp³-hybridized carbons (Fsp3) is 0.875. The zero-order valence-electron chi connectivity index (χ0n) is 17.3. The van der Waals surface area contributed by atoms with E-state index in [1.165, 1.54) is 11.2 Å². The molecule has 1 aliphatic carbocycles. The summed E-state index contributed by atoms with van der Waals surface area (Å²) in [6.07, 6.45) is 0.941. The number of carboxylic acid groups (broad SMARTS) is 1. The van der Waals surface area contributed by atoms with Gasteiger partial charge < -0.3 is 31.9 Å². The maximum absolute atomic E-state index is 13.2. The number of carbonyl (C=O) groups is 2. The summed E-state index contributed by atoms with van der Waals surface area (Å²) in [6.45, 7) is 2.69. The molecule has 1 amide bonds. The molecule has 8 N–H and O–H groups in total. The predicted molar refractivity (Wildman–Crippen MR) is 109 cm³/mol. The van der Waals surface area contributed by atoms with E-state index in [-0.39, 0.29) is 44.3 Å². The third-order valence-electron chi connectivity index (χ3n) is 5.81. The Bertz CT molecular complexity index is 752. The summed E-state index contributed by atoms with van der Waals surface area (Å²) in [6, 6.07) is -1.57. The Hall–Kier alpha value is -1.29. The first-order valence-electron chi connectivity index (χ1n) is 10.1. The number of carboxylic acids is 1. The molecule has 1 saturated carbocycles. The van der Waals surface area contributed by atoms with Crippen molar-refractivity contribution in [2.24, 2.45) is 17.4 Å². The quantitative estimate of drug-likeness (QED) is 0.179. The van der Waals surface area contributed by atoms with Crippen molar-refractivity contribution in [3.63, 3.8) is 0 Å². The van der Waals surface area contributed by atoms with Crippen molar-refractivity contribution in [1.29, 1.82) is 0 Å².